The Balaban J connectivity index is 1.76. The van der Waals surface area contributed by atoms with Gasteiger partial charge in [-0.25, -0.2) is 9.18 Å². The minimum atomic E-state index is -0.997. The normalized spacial score (nSPS) is 30.4. The average Bonchev–Trinajstić information content (AvgIpc) is 3.33. The zero-order valence-electron chi connectivity index (χ0n) is 14.2. The molecule has 5 nitrogen and oxygen atoms in total. The Morgan fingerprint density at radius 1 is 1.46 bits per heavy atom. The van der Waals surface area contributed by atoms with Crippen LogP contribution in [0.4, 0.5) is 9.18 Å². The van der Waals surface area contributed by atoms with Gasteiger partial charge in [-0.1, -0.05) is 18.2 Å². The molecular weight excluding hydrogens is 311 g/mol. The minimum Gasteiger partial charge on any atom is -0.465 e. The van der Waals surface area contributed by atoms with E-state index >= 15 is 0 Å². The Hall–Kier alpha value is -1.66. The van der Waals surface area contributed by atoms with E-state index in [0.717, 1.165) is 0 Å². The summed E-state index contributed by atoms with van der Waals surface area (Å²) in [7, 11) is 0. The second-order valence-electron chi connectivity index (χ2n) is 7.24. The number of rotatable bonds is 5. The lowest BCUT2D eigenvalue weighted by Crippen LogP contribution is -2.70. The van der Waals surface area contributed by atoms with Crippen molar-refractivity contribution < 1.29 is 19.0 Å². The van der Waals surface area contributed by atoms with Gasteiger partial charge in [0.25, 0.3) is 0 Å². The van der Waals surface area contributed by atoms with Crippen molar-refractivity contribution in [3.63, 3.8) is 0 Å². The molecule has 1 saturated carbocycles. The van der Waals surface area contributed by atoms with Gasteiger partial charge in [0.2, 0.25) is 0 Å². The minimum absolute atomic E-state index is 0.302. The highest BCUT2D eigenvalue weighted by Gasteiger charge is 2.46. The first-order chi connectivity index (χ1) is 11.4. The molecule has 1 aliphatic carbocycles. The lowest BCUT2D eigenvalue weighted by atomic mass is 9.87. The van der Waals surface area contributed by atoms with E-state index in [4.69, 9.17) is 4.74 Å². The van der Waals surface area contributed by atoms with Crippen molar-refractivity contribution in [3.8, 4) is 0 Å². The van der Waals surface area contributed by atoms with Crippen molar-refractivity contribution in [1.29, 1.82) is 0 Å². The summed E-state index contributed by atoms with van der Waals surface area (Å²) < 4.78 is 19.9. The number of nitrogens with one attached hydrogen (secondary N) is 1. The fourth-order valence-corrected chi connectivity index (χ4v) is 3.53. The molecule has 1 amide bonds. The number of amides is 1. The summed E-state index contributed by atoms with van der Waals surface area (Å²) in [5.74, 6) is 0.313. The number of ether oxygens (including phenoxy) is 1. The van der Waals surface area contributed by atoms with Crippen molar-refractivity contribution in [3.05, 3.63) is 35.6 Å². The van der Waals surface area contributed by atoms with Crippen LogP contribution in [0, 0.1) is 11.7 Å². The largest absolute Gasteiger partial charge is 0.465 e. The van der Waals surface area contributed by atoms with Crippen molar-refractivity contribution in [2.75, 3.05) is 13.2 Å². The Labute approximate surface area is 141 Å². The molecule has 6 heteroatoms. The van der Waals surface area contributed by atoms with Gasteiger partial charge in [-0.15, -0.1) is 0 Å². The number of hydrogen-bond acceptors (Lipinski definition) is 3. The molecule has 3 atom stereocenters. The third-order valence-electron chi connectivity index (χ3n) is 5.05. The maximum Gasteiger partial charge on any atom is 0.408 e. The highest BCUT2D eigenvalue weighted by molar-refractivity contribution is 5.67. The first kappa shape index (κ1) is 17.2. The summed E-state index contributed by atoms with van der Waals surface area (Å²) in [5, 5.41) is 13.1. The van der Waals surface area contributed by atoms with Crippen LogP contribution in [-0.2, 0) is 11.2 Å². The van der Waals surface area contributed by atoms with Crippen molar-refractivity contribution in [1.82, 2.24) is 10.2 Å². The van der Waals surface area contributed by atoms with Gasteiger partial charge in [-0.2, -0.15) is 0 Å². The molecule has 1 saturated heterocycles. The molecule has 0 bridgehead atoms. The maximum atomic E-state index is 14.0. The molecule has 0 spiro atoms. The summed E-state index contributed by atoms with van der Waals surface area (Å²) in [4.78, 5) is 13.3. The molecular formula is C18H25FN2O3. The van der Waals surface area contributed by atoms with E-state index in [2.05, 4.69) is 5.32 Å². The van der Waals surface area contributed by atoms with Crippen molar-refractivity contribution in [2.24, 2.45) is 5.92 Å². The zero-order chi connectivity index (χ0) is 17.3. The smallest absolute Gasteiger partial charge is 0.408 e. The van der Waals surface area contributed by atoms with E-state index < -0.39 is 11.6 Å². The van der Waals surface area contributed by atoms with Crippen LogP contribution >= 0.6 is 0 Å². The highest BCUT2D eigenvalue weighted by Crippen LogP contribution is 2.32. The van der Waals surface area contributed by atoms with Crippen LogP contribution in [0.2, 0.25) is 0 Å². The monoisotopic (exact) mass is 336 g/mol. The predicted molar refractivity (Wildman–Crippen MR) is 88.3 cm³/mol. The van der Waals surface area contributed by atoms with Gasteiger partial charge >= 0.3 is 6.09 Å². The Kier molecular flexibility index (Phi) is 4.78. The van der Waals surface area contributed by atoms with Crippen LogP contribution < -0.4 is 5.32 Å². The molecule has 132 valence electrons. The maximum absolute atomic E-state index is 14.0. The molecule has 24 heavy (non-hydrogen) atoms. The average molecular weight is 336 g/mol. The summed E-state index contributed by atoms with van der Waals surface area (Å²) in [6.45, 7) is 4.79. The van der Waals surface area contributed by atoms with Crippen LogP contribution in [0.3, 0.4) is 0 Å². The van der Waals surface area contributed by atoms with Crippen LogP contribution in [-0.4, -0.2) is 47.1 Å². The molecule has 0 radical (unpaired) electrons. The highest BCUT2D eigenvalue weighted by atomic mass is 19.1. The quantitative estimate of drug-likeness (QED) is 0.868. The second-order valence-corrected chi connectivity index (χ2v) is 7.24. The molecule has 2 aliphatic rings. The van der Waals surface area contributed by atoms with Crippen LogP contribution in [0.5, 0.6) is 0 Å². The molecule has 0 aromatic heterocycles. The van der Waals surface area contributed by atoms with Gasteiger partial charge in [0, 0.05) is 6.54 Å². The van der Waals surface area contributed by atoms with Gasteiger partial charge in [0.05, 0.1) is 18.2 Å². The predicted octanol–water partition coefficient (Wildman–Crippen LogP) is 2.85. The van der Waals surface area contributed by atoms with Gasteiger partial charge < -0.3 is 9.84 Å². The van der Waals surface area contributed by atoms with E-state index in [9.17, 15) is 14.3 Å². The number of carbonyl (C=O) groups is 1. The van der Waals surface area contributed by atoms with Crippen molar-refractivity contribution in [2.45, 2.75) is 50.9 Å². The molecule has 1 aliphatic heterocycles. The number of hydrogen-bond donors (Lipinski definition) is 2. The van der Waals surface area contributed by atoms with E-state index in [1.54, 1.807) is 18.2 Å². The van der Waals surface area contributed by atoms with E-state index in [0.29, 0.717) is 31.1 Å². The van der Waals surface area contributed by atoms with E-state index in [1.165, 1.54) is 23.8 Å². The van der Waals surface area contributed by atoms with Gasteiger partial charge in [0.15, 0.2) is 0 Å². The van der Waals surface area contributed by atoms with Crippen molar-refractivity contribution >= 4 is 6.09 Å². The zero-order valence-corrected chi connectivity index (χ0v) is 14.2. The second kappa shape index (κ2) is 6.69. The molecule has 3 rings (SSSR count). The molecule has 2 N–H and O–H groups in total. The van der Waals surface area contributed by atoms with Gasteiger partial charge in [0.1, 0.15) is 12.0 Å². The summed E-state index contributed by atoms with van der Waals surface area (Å²) in [6, 6.07) is 6.19. The third-order valence-corrected chi connectivity index (χ3v) is 5.05. The van der Waals surface area contributed by atoms with Crippen LogP contribution in [0.15, 0.2) is 24.3 Å². The number of nitrogens with zero attached hydrogens (tertiary/aromatic N) is 1. The number of carboxylic acid groups (broad SMARTS) is 1. The SMILES string of the molecule is CC1C(OCC2CC2)NCC(C)(Cc2ccccc2F)N1C(=O)O. The fourth-order valence-electron chi connectivity index (χ4n) is 3.53. The Morgan fingerprint density at radius 2 is 2.17 bits per heavy atom. The van der Waals surface area contributed by atoms with Crippen LogP contribution in [0.1, 0.15) is 32.3 Å². The standard InChI is InChI=1S/C18H25FN2O3/c1-12-16(24-10-13-7-8-13)20-11-18(2,21(12)17(22)23)9-14-5-3-4-6-15(14)19/h3-6,12-13,16,20H,7-11H2,1-2H3,(H,22,23). The molecule has 1 aromatic carbocycles. The van der Waals surface area contributed by atoms with E-state index in [-0.39, 0.29) is 18.1 Å². The van der Waals surface area contributed by atoms with E-state index in [1.807, 2.05) is 13.8 Å². The fraction of sp³-hybridized carbons (Fsp3) is 0.611. The third kappa shape index (κ3) is 3.54. The number of piperazine rings is 1. The number of benzene rings is 1. The molecule has 2 fully saturated rings. The number of halogens is 1. The lowest BCUT2D eigenvalue weighted by molar-refractivity contribution is -0.0864. The summed E-state index contributed by atoms with van der Waals surface area (Å²) in [6.07, 6.45) is 1.38. The topological polar surface area (TPSA) is 61.8 Å². The molecule has 1 heterocycles. The van der Waals surface area contributed by atoms with Gasteiger partial charge in [-0.05, 0) is 50.7 Å². The van der Waals surface area contributed by atoms with Gasteiger partial charge in [-0.3, -0.25) is 10.2 Å². The Bertz CT molecular complexity index is 608. The lowest BCUT2D eigenvalue weighted by Gasteiger charge is -2.50. The summed E-state index contributed by atoms with van der Waals surface area (Å²) in [5.41, 5.74) is -0.204. The first-order valence-corrected chi connectivity index (χ1v) is 8.51. The molecule has 1 aromatic rings. The first-order valence-electron chi connectivity index (χ1n) is 8.51. The molecule has 3 unspecified atom stereocenters. The summed E-state index contributed by atoms with van der Waals surface area (Å²) >= 11 is 0. The Morgan fingerprint density at radius 3 is 2.79 bits per heavy atom. The van der Waals surface area contributed by atoms with Crippen LogP contribution in [0.25, 0.3) is 0 Å².